The number of ether oxygens (including phenoxy) is 1. The molecule has 0 spiro atoms. The Morgan fingerprint density at radius 1 is 1.39 bits per heavy atom. The van der Waals surface area contributed by atoms with E-state index < -0.39 is 9.84 Å². The zero-order valence-electron chi connectivity index (χ0n) is 10.6. The Morgan fingerprint density at radius 2 is 2.11 bits per heavy atom. The van der Waals surface area contributed by atoms with Crippen LogP contribution in [-0.2, 0) is 16.4 Å². The van der Waals surface area contributed by atoms with Gasteiger partial charge in [-0.05, 0) is 30.7 Å². The van der Waals surface area contributed by atoms with E-state index >= 15 is 0 Å². The summed E-state index contributed by atoms with van der Waals surface area (Å²) in [5.74, 6) is 0.862. The van der Waals surface area contributed by atoms with Crippen LogP contribution in [0.3, 0.4) is 0 Å². The van der Waals surface area contributed by atoms with Crippen LogP contribution in [0.1, 0.15) is 12.0 Å². The smallest absolute Gasteiger partial charge is 0.147 e. The topological polar surface area (TPSA) is 55.4 Å². The first-order valence-electron chi connectivity index (χ1n) is 5.63. The average Bonchev–Trinajstić information content (AvgIpc) is 2.27. The van der Waals surface area contributed by atoms with Crippen molar-refractivity contribution in [1.29, 1.82) is 0 Å². The maximum atomic E-state index is 10.9. The van der Waals surface area contributed by atoms with Crippen molar-refractivity contribution in [2.24, 2.45) is 0 Å². The lowest BCUT2D eigenvalue weighted by atomic mass is 10.2. The first-order valence-corrected chi connectivity index (χ1v) is 8.07. The molecule has 0 bridgehead atoms. The molecule has 0 aromatic heterocycles. The molecule has 18 heavy (non-hydrogen) atoms. The maximum absolute atomic E-state index is 10.9. The summed E-state index contributed by atoms with van der Waals surface area (Å²) in [5, 5.41) is 3.75. The molecular weight excluding hydrogens is 274 g/mol. The highest BCUT2D eigenvalue weighted by atomic mass is 35.5. The summed E-state index contributed by atoms with van der Waals surface area (Å²) in [7, 11) is -1.29. The number of rotatable bonds is 7. The van der Waals surface area contributed by atoms with Gasteiger partial charge in [-0.3, -0.25) is 0 Å². The van der Waals surface area contributed by atoms with E-state index in [9.17, 15) is 8.42 Å². The molecule has 0 heterocycles. The van der Waals surface area contributed by atoms with Gasteiger partial charge in [0.15, 0.2) is 0 Å². The van der Waals surface area contributed by atoms with Crippen molar-refractivity contribution >= 4 is 21.4 Å². The fraction of sp³-hybridized carbons (Fsp3) is 0.500. The largest absolute Gasteiger partial charge is 0.495 e. The van der Waals surface area contributed by atoms with E-state index in [1.165, 1.54) is 6.26 Å². The normalized spacial score (nSPS) is 11.5. The van der Waals surface area contributed by atoms with Crippen LogP contribution in [0.5, 0.6) is 5.75 Å². The van der Waals surface area contributed by atoms with Crippen molar-refractivity contribution in [1.82, 2.24) is 5.32 Å². The molecule has 0 unspecified atom stereocenters. The molecule has 0 atom stereocenters. The number of methoxy groups -OCH3 is 1. The van der Waals surface area contributed by atoms with Gasteiger partial charge in [0, 0.05) is 12.8 Å². The SMILES string of the molecule is COc1ccc(CNCCCS(C)(=O)=O)cc1Cl. The molecule has 1 aromatic rings. The summed E-state index contributed by atoms with van der Waals surface area (Å²) < 4.78 is 26.9. The molecule has 1 rings (SSSR count). The lowest BCUT2D eigenvalue weighted by Gasteiger charge is -2.07. The number of hydrogen-bond donors (Lipinski definition) is 1. The molecule has 6 heteroatoms. The molecular formula is C12H18ClNO3S. The monoisotopic (exact) mass is 291 g/mol. The van der Waals surface area contributed by atoms with E-state index in [1.807, 2.05) is 18.2 Å². The molecule has 0 fully saturated rings. The second-order valence-electron chi connectivity index (χ2n) is 4.13. The van der Waals surface area contributed by atoms with E-state index in [2.05, 4.69) is 5.32 Å². The van der Waals surface area contributed by atoms with Crippen LogP contribution in [0.25, 0.3) is 0 Å². The average molecular weight is 292 g/mol. The van der Waals surface area contributed by atoms with E-state index in [0.29, 0.717) is 30.3 Å². The third-order valence-corrected chi connectivity index (χ3v) is 3.74. The first kappa shape index (κ1) is 15.3. The summed E-state index contributed by atoms with van der Waals surface area (Å²) in [5.41, 5.74) is 1.04. The van der Waals surface area contributed by atoms with Gasteiger partial charge in [0.1, 0.15) is 15.6 Å². The third kappa shape index (κ3) is 5.71. The highest BCUT2D eigenvalue weighted by Crippen LogP contribution is 2.24. The van der Waals surface area contributed by atoms with Crippen molar-refractivity contribution in [3.8, 4) is 5.75 Å². The second-order valence-corrected chi connectivity index (χ2v) is 6.80. The number of nitrogens with one attached hydrogen (secondary N) is 1. The van der Waals surface area contributed by atoms with Gasteiger partial charge in [0.05, 0.1) is 17.9 Å². The number of hydrogen-bond acceptors (Lipinski definition) is 4. The van der Waals surface area contributed by atoms with Crippen molar-refractivity contribution < 1.29 is 13.2 Å². The van der Waals surface area contributed by atoms with Crippen LogP contribution in [-0.4, -0.2) is 34.1 Å². The molecule has 4 nitrogen and oxygen atoms in total. The minimum Gasteiger partial charge on any atom is -0.495 e. The summed E-state index contributed by atoms with van der Waals surface area (Å²) in [4.78, 5) is 0. The molecule has 0 saturated heterocycles. The Labute approximate surface area is 113 Å². The van der Waals surface area contributed by atoms with Gasteiger partial charge in [-0.1, -0.05) is 17.7 Å². The van der Waals surface area contributed by atoms with Crippen LogP contribution < -0.4 is 10.1 Å². The number of halogens is 1. The fourth-order valence-corrected chi connectivity index (χ4v) is 2.46. The van der Waals surface area contributed by atoms with Gasteiger partial charge in [0.25, 0.3) is 0 Å². The molecule has 0 saturated carbocycles. The Balaban J connectivity index is 2.34. The lowest BCUT2D eigenvalue weighted by Crippen LogP contribution is -2.17. The zero-order chi connectivity index (χ0) is 13.6. The van der Waals surface area contributed by atoms with Crippen LogP contribution >= 0.6 is 11.6 Å². The van der Waals surface area contributed by atoms with Crippen LogP contribution in [0, 0.1) is 0 Å². The zero-order valence-corrected chi connectivity index (χ0v) is 12.1. The number of sulfone groups is 1. The molecule has 0 amide bonds. The van der Waals surface area contributed by atoms with Crippen LogP contribution in [0.4, 0.5) is 0 Å². The first-order chi connectivity index (χ1) is 8.42. The van der Waals surface area contributed by atoms with Gasteiger partial charge >= 0.3 is 0 Å². The van der Waals surface area contributed by atoms with Gasteiger partial charge in [0.2, 0.25) is 0 Å². The Morgan fingerprint density at radius 3 is 2.67 bits per heavy atom. The van der Waals surface area contributed by atoms with Crippen molar-refractivity contribution in [3.05, 3.63) is 28.8 Å². The van der Waals surface area contributed by atoms with Gasteiger partial charge < -0.3 is 10.1 Å². The van der Waals surface area contributed by atoms with Gasteiger partial charge in [-0.25, -0.2) is 8.42 Å². The molecule has 102 valence electrons. The van der Waals surface area contributed by atoms with E-state index in [4.69, 9.17) is 16.3 Å². The Hall–Kier alpha value is -0.780. The predicted molar refractivity (Wildman–Crippen MR) is 74.0 cm³/mol. The minimum atomic E-state index is -2.86. The van der Waals surface area contributed by atoms with E-state index in [1.54, 1.807) is 7.11 Å². The molecule has 0 aliphatic carbocycles. The molecule has 1 aromatic carbocycles. The lowest BCUT2D eigenvalue weighted by molar-refractivity contribution is 0.415. The molecule has 0 aliphatic rings. The van der Waals surface area contributed by atoms with E-state index in [0.717, 1.165) is 5.56 Å². The third-order valence-electron chi connectivity index (χ3n) is 2.41. The van der Waals surface area contributed by atoms with Crippen molar-refractivity contribution in [2.45, 2.75) is 13.0 Å². The van der Waals surface area contributed by atoms with Crippen LogP contribution in [0.2, 0.25) is 5.02 Å². The number of benzene rings is 1. The maximum Gasteiger partial charge on any atom is 0.147 e. The second kappa shape index (κ2) is 6.97. The highest BCUT2D eigenvalue weighted by Gasteiger charge is 2.03. The van der Waals surface area contributed by atoms with Crippen LogP contribution in [0.15, 0.2) is 18.2 Å². The predicted octanol–water partition coefficient (Wildman–Crippen LogP) is 1.87. The Bertz CT molecular complexity index is 488. The minimum absolute atomic E-state index is 0.212. The van der Waals surface area contributed by atoms with Crippen molar-refractivity contribution in [2.75, 3.05) is 25.7 Å². The fourth-order valence-electron chi connectivity index (χ4n) is 1.51. The quantitative estimate of drug-likeness (QED) is 0.779. The Kier molecular flexibility index (Phi) is 5.91. The highest BCUT2D eigenvalue weighted by molar-refractivity contribution is 7.90. The molecule has 1 N–H and O–H groups in total. The standard InChI is InChI=1S/C12H18ClNO3S/c1-17-12-5-4-10(8-11(12)13)9-14-6-3-7-18(2,15)16/h4-5,8,14H,3,6-7,9H2,1-2H3. The summed E-state index contributed by atoms with van der Waals surface area (Å²) >= 11 is 6.00. The van der Waals surface area contributed by atoms with Gasteiger partial charge in [-0.2, -0.15) is 0 Å². The summed E-state index contributed by atoms with van der Waals surface area (Å²) in [6.07, 6.45) is 1.86. The molecule has 0 aliphatic heterocycles. The molecule has 0 radical (unpaired) electrons. The van der Waals surface area contributed by atoms with Gasteiger partial charge in [-0.15, -0.1) is 0 Å². The van der Waals surface area contributed by atoms with Crippen molar-refractivity contribution in [3.63, 3.8) is 0 Å². The summed E-state index contributed by atoms with van der Waals surface area (Å²) in [6, 6.07) is 5.58. The van der Waals surface area contributed by atoms with E-state index in [-0.39, 0.29) is 5.75 Å². The summed E-state index contributed by atoms with van der Waals surface area (Å²) in [6.45, 7) is 1.32.